The molecule has 1 amide bonds. The number of nitrogens with zero attached hydrogens (tertiary/aromatic N) is 1. The van der Waals surface area contributed by atoms with Crippen LogP contribution in [0.4, 0.5) is 11.4 Å². The predicted octanol–water partition coefficient (Wildman–Crippen LogP) is 1.83. The van der Waals surface area contributed by atoms with Gasteiger partial charge in [-0.1, -0.05) is 17.7 Å². The summed E-state index contributed by atoms with van der Waals surface area (Å²) in [6, 6.07) is 11.1. The summed E-state index contributed by atoms with van der Waals surface area (Å²) >= 11 is 0. The Bertz CT molecular complexity index is 936. The average molecular weight is 427 g/mol. The first-order valence-electron chi connectivity index (χ1n) is 10.7. The van der Waals surface area contributed by atoms with Crippen molar-refractivity contribution >= 4 is 23.3 Å². The molecule has 7 nitrogen and oxygen atoms in total. The number of methoxy groups -OCH3 is 1. The molecule has 1 fully saturated rings. The minimum absolute atomic E-state index is 0.112. The predicted molar refractivity (Wildman–Crippen MR) is 121 cm³/mol. The first kappa shape index (κ1) is 22.6. The maximum absolute atomic E-state index is 12.7. The van der Waals surface area contributed by atoms with Crippen LogP contribution in [-0.4, -0.2) is 58.3 Å². The Kier molecular flexibility index (Phi) is 7.52. The van der Waals surface area contributed by atoms with Crippen LogP contribution in [0, 0.1) is 13.8 Å². The monoisotopic (exact) mass is 426 g/mol. The van der Waals surface area contributed by atoms with Gasteiger partial charge < -0.3 is 24.6 Å². The first-order chi connectivity index (χ1) is 14.9. The van der Waals surface area contributed by atoms with Crippen LogP contribution < -0.4 is 19.9 Å². The largest absolute Gasteiger partial charge is 0.483 e. The quantitative estimate of drug-likeness (QED) is 0.661. The molecule has 31 heavy (non-hydrogen) atoms. The van der Waals surface area contributed by atoms with Gasteiger partial charge in [-0.3, -0.25) is 4.79 Å². The number of amides is 1. The molecule has 0 bridgehead atoms. The van der Waals surface area contributed by atoms with E-state index in [0.29, 0.717) is 17.0 Å². The van der Waals surface area contributed by atoms with Crippen LogP contribution in [0.1, 0.15) is 28.4 Å². The molecule has 166 valence electrons. The first-order valence-corrected chi connectivity index (χ1v) is 10.7. The van der Waals surface area contributed by atoms with Gasteiger partial charge in [0.1, 0.15) is 5.75 Å². The lowest BCUT2D eigenvalue weighted by Crippen LogP contribution is -3.14. The number of carbonyl (C=O) groups is 2. The van der Waals surface area contributed by atoms with Crippen LogP contribution in [0.25, 0.3) is 0 Å². The number of esters is 1. The summed E-state index contributed by atoms with van der Waals surface area (Å²) in [5, 5.41) is 2.93. The minimum atomic E-state index is -0.436. The zero-order chi connectivity index (χ0) is 22.4. The van der Waals surface area contributed by atoms with Crippen molar-refractivity contribution in [1.82, 2.24) is 0 Å². The summed E-state index contributed by atoms with van der Waals surface area (Å²) in [4.78, 5) is 28.5. The van der Waals surface area contributed by atoms with Gasteiger partial charge in [-0.15, -0.1) is 0 Å². The number of aryl methyl sites for hydroxylation is 2. The fraction of sp³-hybridized carbons (Fsp3) is 0.417. The van der Waals surface area contributed by atoms with Crippen LogP contribution in [0.3, 0.4) is 0 Å². The lowest BCUT2D eigenvalue weighted by Gasteiger charge is -2.34. The zero-order valence-corrected chi connectivity index (χ0v) is 18.8. The fourth-order valence-corrected chi connectivity index (χ4v) is 3.87. The summed E-state index contributed by atoms with van der Waals surface area (Å²) < 4.78 is 10.6. The highest BCUT2D eigenvalue weighted by molar-refractivity contribution is 5.98. The summed E-state index contributed by atoms with van der Waals surface area (Å²) in [7, 11) is 1.35. The lowest BCUT2D eigenvalue weighted by atomic mass is 10.1. The number of carbonyl (C=O) groups excluding carboxylic acids is 2. The molecule has 2 N–H and O–H groups in total. The number of ether oxygens (including phenoxy) is 2. The SMILES string of the molecule is CC[NH+]1CCN(c2ccc(C(=O)OC)cc2NC(=O)COc2ccc(C)cc2C)CC1. The molecule has 2 aromatic rings. The molecule has 0 aliphatic carbocycles. The molecule has 7 heteroatoms. The lowest BCUT2D eigenvalue weighted by molar-refractivity contribution is -0.898. The number of hydrogen-bond acceptors (Lipinski definition) is 5. The van der Waals surface area contributed by atoms with E-state index in [0.717, 1.165) is 49.5 Å². The van der Waals surface area contributed by atoms with Crippen molar-refractivity contribution < 1.29 is 24.0 Å². The van der Waals surface area contributed by atoms with Crippen LogP contribution in [0.15, 0.2) is 36.4 Å². The van der Waals surface area contributed by atoms with Gasteiger partial charge in [0.25, 0.3) is 5.91 Å². The third kappa shape index (κ3) is 5.76. The van der Waals surface area contributed by atoms with E-state index < -0.39 is 5.97 Å². The Hall–Kier alpha value is -3.06. The summed E-state index contributed by atoms with van der Waals surface area (Å²) in [5.74, 6) is -0.0298. The Morgan fingerprint density at radius 1 is 1.10 bits per heavy atom. The highest BCUT2D eigenvalue weighted by Gasteiger charge is 2.22. The topological polar surface area (TPSA) is 72.3 Å². The Morgan fingerprint density at radius 3 is 2.48 bits per heavy atom. The molecule has 1 aliphatic heterocycles. The summed E-state index contributed by atoms with van der Waals surface area (Å²) in [5.41, 5.74) is 4.02. The van der Waals surface area contributed by atoms with E-state index >= 15 is 0 Å². The smallest absolute Gasteiger partial charge is 0.337 e. The van der Waals surface area contributed by atoms with Gasteiger partial charge in [0, 0.05) is 0 Å². The van der Waals surface area contributed by atoms with Crippen molar-refractivity contribution in [1.29, 1.82) is 0 Å². The van der Waals surface area contributed by atoms with Gasteiger partial charge in [0.15, 0.2) is 6.61 Å². The van der Waals surface area contributed by atoms with Crippen LogP contribution >= 0.6 is 0 Å². The van der Waals surface area contributed by atoms with Crippen molar-refractivity contribution in [2.45, 2.75) is 20.8 Å². The molecule has 0 aromatic heterocycles. The van der Waals surface area contributed by atoms with E-state index in [1.165, 1.54) is 7.11 Å². The van der Waals surface area contributed by atoms with E-state index in [-0.39, 0.29) is 12.5 Å². The van der Waals surface area contributed by atoms with E-state index in [9.17, 15) is 9.59 Å². The Labute approximate surface area is 183 Å². The Balaban J connectivity index is 1.75. The maximum atomic E-state index is 12.7. The molecule has 0 spiro atoms. The highest BCUT2D eigenvalue weighted by atomic mass is 16.5. The van der Waals surface area contributed by atoms with Gasteiger partial charge in [0.05, 0.1) is 56.8 Å². The number of rotatable bonds is 7. The molecule has 1 heterocycles. The van der Waals surface area contributed by atoms with Crippen molar-refractivity contribution in [3.05, 3.63) is 53.1 Å². The van der Waals surface area contributed by atoms with E-state index in [2.05, 4.69) is 17.1 Å². The van der Waals surface area contributed by atoms with Crippen molar-refractivity contribution in [3.8, 4) is 5.75 Å². The molecule has 0 atom stereocenters. The van der Waals surface area contributed by atoms with E-state index in [4.69, 9.17) is 9.47 Å². The van der Waals surface area contributed by atoms with Gasteiger partial charge >= 0.3 is 5.97 Å². The Morgan fingerprint density at radius 2 is 1.84 bits per heavy atom. The van der Waals surface area contributed by atoms with E-state index in [1.807, 2.05) is 38.1 Å². The number of likely N-dealkylation sites (N-methyl/N-ethyl adjacent to an activating group) is 1. The van der Waals surface area contributed by atoms with Gasteiger partial charge in [0.2, 0.25) is 0 Å². The maximum Gasteiger partial charge on any atom is 0.337 e. The second-order valence-electron chi connectivity index (χ2n) is 7.92. The fourth-order valence-electron chi connectivity index (χ4n) is 3.87. The number of nitrogens with one attached hydrogen (secondary N) is 2. The minimum Gasteiger partial charge on any atom is -0.483 e. The third-order valence-corrected chi connectivity index (χ3v) is 5.69. The van der Waals surface area contributed by atoms with Crippen LogP contribution in [-0.2, 0) is 9.53 Å². The average Bonchev–Trinajstić information content (AvgIpc) is 2.78. The molecule has 0 saturated carbocycles. The number of quaternary nitrogens is 1. The van der Waals surface area contributed by atoms with Gasteiger partial charge in [-0.05, 0) is 50.6 Å². The molecule has 2 aromatic carbocycles. The highest BCUT2D eigenvalue weighted by Crippen LogP contribution is 2.28. The van der Waals surface area contributed by atoms with Crippen molar-refractivity contribution in [3.63, 3.8) is 0 Å². The standard InChI is InChI=1S/C24H31N3O4/c1-5-26-10-12-27(13-11-26)21-8-7-19(24(29)30-4)15-20(21)25-23(28)16-31-22-9-6-17(2)14-18(22)3/h6-9,14-15H,5,10-13,16H2,1-4H3,(H,25,28)/p+1. The number of piperazine rings is 1. The number of benzene rings is 2. The van der Waals surface area contributed by atoms with Crippen LogP contribution in [0.2, 0.25) is 0 Å². The van der Waals surface area contributed by atoms with E-state index in [1.54, 1.807) is 17.0 Å². The van der Waals surface area contributed by atoms with Gasteiger partial charge in [-0.2, -0.15) is 0 Å². The molecule has 0 radical (unpaired) electrons. The molecule has 1 saturated heterocycles. The molecular formula is C24H32N3O4+. The second kappa shape index (κ2) is 10.3. The molecule has 3 rings (SSSR count). The van der Waals surface area contributed by atoms with Crippen LogP contribution in [0.5, 0.6) is 5.75 Å². The third-order valence-electron chi connectivity index (χ3n) is 5.69. The van der Waals surface area contributed by atoms with Crippen molar-refractivity contribution in [2.24, 2.45) is 0 Å². The number of anilines is 2. The summed E-state index contributed by atoms with van der Waals surface area (Å²) in [6.07, 6.45) is 0. The number of hydrogen-bond donors (Lipinski definition) is 2. The molecular weight excluding hydrogens is 394 g/mol. The molecule has 0 unspecified atom stereocenters. The van der Waals surface area contributed by atoms with Gasteiger partial charge in [-0.25, -0.2) is 4.79 Å². The normalized spacial score (nSPS) is 14.3. The zero-order valence-electron chi connectivity index (χ0n) is 18.8. The molecule has 1 aliphatic rings. The second-order valence-corrected chi connectivity index (χ2v) is 7.92. The van der Waals surface area contributed by atoms with Crippen molar-refractivity contribution in [2.75, 3.05) is 56.7 Å². The summed E-state index contributed by atoms with van der Waals surface area (Å²) in [6.45, 7) is 11.0.